The van der Waals surface area contributed by atoms with E-state index in [0.29, 0.717) is 0 Å². The standard InChI is InChI=1S/C4H8O3/c5-3-1-4(6,7)2-3/h3,5-7H,1-2H2. The van der Waals surface area contributed by atoms with Gasteiger partial charge in [-0.1, -0.05) is 0 Å². The third kappa shape index (κ3) is 0.907. The lowest BCUT2D eigenvalue weighted by molar-refractivity contribution is -0.250. The van der Waals surface area contributed by atoms with E-state index in [0.717, 1.165) is 0 Å². The van der Waals surface area contributed by atoms with E-state index in [2.05, 4.69) is 0 Å². The van der Waals surface area contributed by atoms with Gasteiger partial charge >= 0.3 is 0 Å². The molecule has 1 aliphatic rings. The lowest BCUT2D eigenvalue weighted by Crippen LogP contribution is -2.46. The van der Waals surface area contributed by atoms with Crippen molar-refractivity contribution in [1.82, 2.24) is 0 Å². The summed E-state index contributed by atoms with van der Waals surface area (Å²) in [4.78, 5) is 0. The topological polar surface area (TPSA) is 60.7 Å². The van der Waals surface area contributed by atoms with Crippen molar-refractivity contribution < 1.29 is 15.3 Å². The fraction of sp³-hybridized carbons (Fsp3) is 1.00. The molecule has 7 heavy (non-hydrogen) atoms. The van der Waals surface area contributed by atoms with Crippen LogP contribution in [0.15, 0.2) is 0 Å². The smallest absolute Gasteiger partial charge is 0.167 e. The molecular formula is C4H8O3. The van der Waals surface area contributed by atoms with Crippen molar-refractivity contribution in [2.45, 2.75) is 24.7 Å². The summed E-state index contributed by atoms with van der Waals surface area (Å²) in [5.74, 6) is -1.56. The highest BCUT2D eigenvalue weighted by Crippen LogP contribution is 2.28. The van der Waals surface area contributed by atoms with Crippen LogP contribution in [0.2, 0.25) is 0 Å². The number of rotatable bonds is 0. The van der Waals surface area contributed by atoms with Gasteiger partial charge in [-0.3, -0.25) is 0 Å². The van der Waals surface area contributed by atoms with E-state index in [9.17, 15) is 0 Å². The van der Waals surface area contributed by atoms with Crippen molar-refractivity contribution >= 4 is 0 Å². The van der Waals surface area contributed by atoms with Crippen LogP contribution >= 0.6 is 0 Å². The molecule has 3 heteroatoms. The van der Waals surface area contributed by atoms with Gasteiger partial charge in [-0.2, -0.15) is 0 Å². The highest BCUT2D eigenvalue weighted by Gasteiger charge is 2.39. The molecular weight excluding hydrogens is 96.0 g/mol. The fourth-order valence-electron chi connectivity index (χ4n) is 0.695. The van der Waals surface area contributed by atoms with Crippen LogP contribution in [0.5, 0.6) is 0 Å². The Morgan fingerprint density at radius 3 is 1.71 bits per heavy atom. The number of hydrogen-bond acceptors (Lipinski definition) is 3. The van der Waals surface area contributed by atoms with Crippen LogP contribution in [0.25, 0.3) is 0 Å². The van der Waals surface area contributed by atoms with Crippen LogP contribution in [0, 0.1) is 0 Å². The molecule has 0 saturated heterocycles. The molecule has 0 aromatic rings. The Kier molecular flexibility index (Phi) is 0.849. The van der Waals surface area contributed by atoms with E-state index in [1.807, 2.05) is 0 Å². The molecule has 0 radical (unpaired) electrons. The third-order valence-electron chi connectivity index (χ3n) is 1.13. The van der Waals surface area contributed by atoms with Crippen molar-refractivity contribution in [2.24, 2.45) is 0 Å². The average Bonchev–Trinajstić information content (AvgIpc) is 1.27. The molecule has 0 heterocycles. The Bertz CT molecular complexity index is 71.0. The molecule has 0 amide bonds. The molecule has 1 saturated carbocycles. The van der Waals surface area contributed by atoms with Gasteiger partial charge in [-0.15, -0.1) is 0 Å². The predicted octanol–water partition coefficient (Wildman–Crippen LogP) is -1.18. The number of aliphatic hydroxyl groups excluding tert-OH is 1. The van der Waals surface area contributed by atoms with E-state index in [-0.39, 0.29) is 12.8 Å². The van der Waals surface area contributed by atoms with Gasteiger partial charge < -0.3 is 15.3 Å². The van der Waals surface area contributed by atoms with Gasteiger partial charge in [0.05, 0.1) is 6.10 Å². The monoisotopic (exact) mass is 104 g/mol. The van der Waals surface area contributed by atoms with Crippen molar-refractivity contribution in [3.8, 4) is 0 Å². The van der Waals surface area contributed by atoms with E-state index in [1.165, 1.54) is 0 Å². The van der Waals surface area contributed by atoms with E-state index < -0.39 is 11.9 Å². The van der Waals surface area contributed by atoms with Crippen molar-refractivity contribution in [3.05, 3.63) is 0 Å². The Morgan fingerprint density at radius 2 is 1.71 bits per heavy atom. The first-order valence-corrected chi connectivity index (χ1v) is 2.23. The first-order chi connectivity index (χ1) is 3.10. The highest BCUT2D eigenvalue weighted by molar-refractivity contribution is 4.83. The molecule has 1 fully saturated rings. The van der Waals surface area contributed by atoms with Gasteiger partial charge in [0.2, 0.25) is 0 Å². The Hall–Kier alpha value is -0.120. The van der Waals surface area contributed by atoms with Gasteiger partial charge in [0.1, 0.15) is 0 Å². The van der Waals surface area contributed by atoms with Crippen LogP contribution in [0.4, 0.5) is 0 Å². The summed E-state index contributed by atoms with van der Waals surface area (Å²) in [7, 11) is 0. The van der Waals surface area contributed by atoms with E-state index >= 15 is 0 Å². The molecule has 0 aliphatic heterocycles. The maximum atomic E-state index is 8.48. The van der Waals surface area contributed by atoms with Crippen LogP contribution in [-0.4, -0.2) is 27.2 Å². The summed E-state index contributed by atoms with van der Waals surface area (Å²) in [6, 6.07) is 0. The molecule has 1 aliphatic carbocycles. The van der Waals surface area contributed by atoms with Crippen LogP contribution in [-0.2, 0) is 0 Å². The summed E-state index contributed by atoms with van der Waals surface area (Å²) >= 11 is 0. The Morgan fingerprint density at radius 1 is 1.29 bits per heavy atom. The first kappa shape index (κ1) is 5.03. The fourth-order valence-corrected chi connectivity index (χ4v) is 0.695. The zero-order valence-corrected chi connectivity index (χ0v) is 3.83. The normalized spacial score (nSPS) is 29.6. The van der Waals surface area contributed by atoms with Gasteiger partial charge in [0, 0.05) is 12.8 Å². The van der Waals surface area contributed by atoms with Crippen molar-refractivity contribution in [3.63, 3.8) is 0 Å². The molecule has 0 atom stereocenters. The van der Waals surface area contributed by atoms with Crippen molar-refractivity contribution in [2.75, 3.05) is 0 Å². The first-order valence-electron chi connectivity index (χ1n) is 2.23. The highest BCUT2D eigenvalue weighted by atomic mass is 16.5. The SMILES string of the molecule is OC1CC(O)(O)C1. The van der Waals surface area contributed by atoms with E-state index in [1.54, 1.807) is 0 Å². The van der Waals surface area contributed by atoms with Crippen LogP contribution in [0.1, 0.15) is 12.8 Å². The average molecular weight is 104 g/mol. The second-order valence-corrected chi connectivity index (χ2v) is 2.04. The minimum atomic E-state index is -1.56. The lowest BCUT2D eigenvalue weighted by Gasteiger charge is -2.35. The summed E-state index contributed by atoms with van der Waals surface area (Å²) < 4.78 is 0. The molecule has 3 nitrogen and oxygen atoms in total. The summed E-state index contributed by atoms with van der Waals surface area (Å²) in [6.45, 7) is 0. The van der Waals surface area contributed by atoms with Crippen LogP contribution < -0.4 is 0 Å². The minimum Gasteiger partial charge on any atom is -0.393 e. The molecule has 1 rings (SSSR count). The molecule has 0 aromatic carbocycles. The minimum absolute atomic E-state index is 0.104. The van der Waals surface area contributed by atoms with Gasteiger partial charge in [-0.05, 0) is 0 Å². The zero-order valence-electron chi connectivity index (χ0n) is 3.83. The lowest BCUT2D eigenvalue weighted by atomic mass is 9.88. The molecule has 42 valence electrons. The summed E-state index contributed by atoms with van der Waals surface area (Å²) in [6.07, 6.45) is -0.282. The molecule has 3 N–H and O–H groups in total. The Balaban J connectivity index is 2.29. The van der Waals surface area contributed by atoms with Crippen molar-refractivity contribution in [1.29, 1.82) is 0 Å². The quantitative estimate of drug-likeness (QED) is 0.339. The summed E-state index contributed by atoms with van der Waals surface area (Å²) in [5, 5.41) is 25.4. The Labute approximate surface area is 41.2 Å². The second kappa shape index (κ2) is 1.18. The predicted molar refractivity (Wildman–Crippen MR) is 22.4 cm³/mol. The summed E-state index contributed by atoms with van der Waals surface area (Å²) in [5.41, 5.74) is 0. The van der Waals surface area contributed by atoms with Crippen LogP contribution in [0.3, 0.4) is 0 Å². The zero-order chi connectivity index (χ0) is 5.49. The van der Waals surface area contributed by atoms with Gasteiger partial charge in [0.15, 0.2) is 5.79 Å². The maximum Gasteiger partial charge on any atom is 0.167 e. The second-order valence-electron chi connectivity index (χ2n) is 2.04. The van der Waals surface area contributed by atoms with Gasteiger partial charge in [-0.25, -0.2) is 0 Å². The molecule has 0 unspecified atom stereocenters. The van der Waals surface area contributed by atoms with E-state index in [4.69, 9.17) is 15.3 Å². The maximum absolute atomic E-state index is 8.48. The largest absolute Gasteiger partial charge is 0.393 e. The molecule has 0 bridgehead atoms. The third-order valence-corrected chi connectivity index (χ3v) is 1.13. The molecule has 0 spiro atoms. The number of hydrogen-bond donors (Lipinski definition) is 3. The van der Waals surface area contributed by atoms with Gasteiger partial charge in [0.25, 0.3) is 0 Å². The number of aliphatic hydroxyl groups is 3. The molecule has 0 aromatic heterocycles.